The van der Waals surface area contributed by atoms with Gasteiger partial charge >= 0.3 is 0 Å². The SMILES string of the molecule is CC1CCCN1Cc1cc(-c2nc(-c3ccc4c(c3)C(F)(F)CNC4=O)c(N)nc2F)ccc1C1CCOCC1. The van der Waals surface area contributed by atoms with Gasteiger partial charge in [0.15, 0.2) is 5.82 Å². The predicted octanol–water partition coefficient (Wildman–Crippen LogP) is 5.25. The maximum absolute atomic E-state index is 15.3. The summed E-state index contributed by atoms with van der Waals surface area (Å²) in [6.07, 6.45) is 4.16. The van der Waals surface area contributed by atoms with Crippen LogP contribution in [0.25, 0.3) is 22.5 Å². The standard InChI is InChI=1S/C30H32F3N5O2/c1-17-3-2-10-38(17)15-21-13-19(4-6-22(21)18-8-11-40-12-9-18)25-27(31)37-28(34)26(36-25)20-5-7-23-24(14-20)30(32,33)16-35-29(23)39/h4-7,13-14,17-18H,2-3,8-12,15-16H2,1H3,(H2,34,37)(H,35,39). The third-order valence-corrected chi connectivity index (χ3v) is 8.42. The lowest BCUT2D eigenvalue weighted by atomic mass is 9.86. The van der Waals surface area contributed by atoms with Crippen LogP contribution in [0.2, 0.25) is 0 Å². The lowest BCUT2D eigenvalue weighted by molar-refractivity contribution is -0.00833. The van der Waals surface area contributed by atoms with Crippen LogP contribution in [0.5, 0.6) is 0 Å². The van der Waals surface area contributed by atoms with Gasteiger partial charge in [0.05, 0.1) is 6.54 Å². The van der Waals surface area contributed by atoms with Gasteiger partial charge in [-0.25, -0.2) is 4.98 Å². The zero-order valence-electron chi connectivity index (χ0n) is 22.4. The number of likely N-dealkylation sites (tertiary alicyclic amines) is 1. The van der Waals surface area contributed by atoms with Crippen LogP contribution < -0.4 is 11.1 Å². The molecule has 4 heterocycles. The van der Waals surface area contributed by atoms with Crippen molar-refractivity contribution in [3.8, 4) is 22.5 Å². The molecule has 0 radical (unpaired) electrons. The first-order valence-corrected chi connectivity index (χ1v) is 13.8. The highest BCUT2D eigenvalue weighted by atomic mass is 19.3. The molecule has 0 bridgehead atoms. The number of alkyl halides is 2. The van der Waals surface area contributed by atoms with Crippen LogP contribution in [0.4, 0.5) is 19.0 Å². The summed E-state index contributed by atoms with van der Waals surface area (Å²) in [6.45, 7) is 4.63. The zero-order chi connectivity index (χ0) is 28.0. The number of carbonyl (C=O) groups is 1. The van der Waals surface area contributed by atoms with E-state index < -0.39 is 29.9 Å². The molecule has 0 aliphatic carbocycles. The number of nitrogen functional groups attached to an aromatic ring is 1. The molecule has 3 N–H and O–H groups in total. The number of benzene rings is 2. The number of nitrogens with two attached hydrogens (primary N) is 1. The molecule has 0 spiro atoms. The van der Waals surface area contributed by atoms with E-state index in [4.69, 9.17) is 10.5 Å². The lowest BCUT2D eigenvalue weighted by Gasteiger charge is -2.28. The van der Waals surface area contributed by atoms with Crippen LogP contribution in [0, 0.1) is 5.95 Å². The van der Waals surface area contributed by atoms with Crippen molar-refractivity contribution in [3.63, 3.8) is 0 Å². The van der Waals surface area contributed by atoms with Crippen LogP contribution in [-0.2, 0) is 17.2 Å². The number of hydrogen-bond donors (Lipinski definition) is 2. The smallest absolute Gasteiger partial charge is 0.290 e. The molecule has 2 fully saturated rings. The molecular weight excluding hydrogens is 519 g/mol. The maximum Gasteiger partial charge on any atom is 0.290 e. The summed E-state index contributed by atoms with van der Waals surface area (Å²) in [6, 6.07) is 10.3. The number of ether oxygens (including phenoxy) is 1. The van der Waals surface area contributed by atoms with Crippen LogP contribution in [-0.4, -0.2) is 53.1 Å². The Bertz CT molecular complexity index is 1460. The van der Waals surface area contributed by atoms with Crippen LogP contribution in [0.1, 0.15) is 65.6 Å². The van der Waals surface area contributed by atoms with Crippen molar-refractivity contribution in [2.45, 2.75) is 57.0 Å². The van der Waals surface area contributed by atoms with Gasteiger partial charge in [-0.2, -0.15) is 18.2 Å². The molecule has 210 valence electrons. The number of amides is 1. The largest absolute Gasteiger partial charge is 0.382 e. The minimum absolute atomic E-state index is 0.000622. The molecule has 3 aliphatic rings. The molecule has 1 amide bonds. The van der Waals surface area contributed by atoms with E-state index in [1.807, 2.05) is 12.1 Å². The fourth-order valence-corrected chi connectivity index (χ4v) is 6.14. The number of hydrogen-bond acceptors (Lipinski definition) is 6. The highest BCUT2D eigenvalue weighted by molar-refractivity contribution is 5.98. The van der Waals surface area contributed by atoms with Gasteiger partial charge in [-0.3, -0.25) is 9.69 Å². The molecule has 40 heavy (non-hydrogen) atoms. The van der Waals surface area contributed by atoms with Gasteiger partial charge in [-0.05, 0) is 74.4 Å². The van der Waals surface area contributed by atoms with Gasteiger partial charge in [-0.15, -0.1) is 0 Å². The fourth-order valence-electron chi connectivity index (χ4n) is 6.14. The Kier molecular flexibility index (Phi) is 7.00. The minimum atomic E-state index is -3.26. The number of halogens is 3. The third kappa shape index (κ3) is 4.94. The highest BCUT2D eigenvalue weighted by Gasteiger charge is 2.40. The van der Waals surface area contributed by atoms with Crippen molar-refractivity contribution in [1.29, 1.82) is 0 Å². The molecular formula is C30H32F3N5O2. The van der Waals surface area contributed by atoms with Crippen molar-refractivity contribution < 1.29 is 22.7 Å². The number of anilines is 1. The molecule has 1 unspecified atom stereocenters. The Morgan fingerprint density at radius 2 is 1.82 bits per heavy atom. The van der Waals surface area contributed by atoms with Crippen LogP contribution >= 0.6 is 0 Å². The zero-order valence-corrected chi connectivity index (χ0v) is 22.4. The van der Waals surface area contributed by atoms with E-state index in [9.17, 15) is 13.6 Å². The molecule has 1 aromatic heterocycles. The Morgan fingerprint density at radius 3 is 2.58 bits per heavy atom. The second-order valence-corrected chi connectivity index (χ2v) is 11.0. The Balaban J connectivity index is 1.42. The van der Waals surface area contributed by atoms with E-state index >= 15 is 4.39 Å². The van der Waals surface area contributed by atoms with Gasteiger partial charge in [-0.1, -0.05) is 18.2 Å². The van der Waals surface area contributed by atoms with E-state index in [0.717, 1.165) is 57.6 Å². The van der Waals surface area contributed by atoms with Gasteiger partial charge in [0.25, 0.3) is 11.8 Å². The van der Waals surface area contributed by atoms with Crippen molar-refractivity contribution in [2.24, 2.45) is 0 Å². The van der Waals surface area contributed by atoms with Crippen molar-refractivity contribution in [2.75, 3.05) is 32.0 Å². The molecule has 6 rings (SSSR count). The molecule has 3 aromatic rings. The second-order valence-electron chi connectivity index (χ2n) is 11.0. The molecule has 1 atom stereocenters. The Hall–Kier alpha value is -3.50. The van der Waals surface area contributed by atoms with E-state index in [2.05, 4.69) is 33.2 Å². The summed E-state index contributed by atoms with van der Waals surface area (Å²) < 4.78 is 50.2. The molecule has 10 heteroatoms. The summed E-state index contributed by atoms with van der Waals surface area (Å²) in [4.78, 5) is 23.0. The van der Waals surface area contributed by atoms with E-state index in [0.29, 0.717) is 17.5 Å². The average Bonchev–Trinajstić information content (AvgIpc) is 3.35. The number of nitrogens with one attached hydrogen (secondary N) is 1. The predicted molar refractivity (Wildman–Crippen MR) is 145 cm³/mol. The quantitative estimate of drug-likeness (QED) is 0.450. The van der Waals surface area contributed by atoms with E-state index in [1.165, 1.54) is 23.8 Å². The summed E-state index contributed by atoms with van der Waals surface area (Å²) in [5.74, 6) is -4.51. The van der Waals surface area contributed by atoms with Crippen LogP contribution in [0.15, 0.2) is 36.4 Å². The fraction of sp³-hybridized carbons (Fsp3) is 0.433. The van der Waals surface area contributed by atoms with Crippen molar-refractivity contribution >= 4 is 11.7 Å². The average molecular weight is 552 g/mol. The summed E-state index contributed by atoms with van der Waals surface area (Å²) >= 11 is 0. The molecule has 2 saturated heterocycles. The monoisotopic (exact) mass is 551 g/mol. The number of fused-ring (bicyclic) bond motifs is 1. The van der Waals surface area contributed by atoms with Crippen molar-refractivity contribution in [3.05, 3.63) is 64.6 Å². The van der Waals surface area contributed by atoms with Gasteiger partial charge in [0.2, 0.25) is 5.95 Å². The molecule has 0 saturated carbocycles. The lowest BCUT2D eigenvalue weighted by Crippen LogP contribution is -2.41. The van der Waals surface area contributed by atoms with Gasteiger partial charge in [0, 0.05) is 48.1 Å². The Morgan fingerprint density at radius 1 is 1.07 bits per heavy atom. The minimum Gasteiger partial charge on any atom is -0.382 e. The maximum atomic E-state index is 15.3. The summed E-state index contributed by atoms with van der Waals surface area (Å²) in [7, 11) is 0. The van der Waals surface area contributed by atoms with Gasteiger partial charge in [0.1, 0.15) is 11.4 Å². The van der Waals surface area contributed by atoms with Gasteiger partial charge < -0.3 is 15.8 Å². The first-order chi connectivity index (χ1) is 19.2. The molecule has 3 aliphatic heterocycles. The second kappa shape index (κ2) is 10.5. The molecule has 7 nitrogen and oxygen atoms in total. The number of carbonyl (C=O) groups excluding carboxylic acids is 1. The topological polar surface area (TPSA) is 93.4 Å². The number of rotatable bonds is 5. The Labute approximate surface area is 230 Å². The normalized spacial score (nSPS) is 21.3. The molecule has 2 aromatic carbocycles. The summed E-state index contributed by atoms with van der Waals surface area (Å²) in [5.41, 5.74) is 8.76. The first kappa shape index (κ1) is 26.7. The number of nitrogens with zero attached hydrogens (tertiary/aromatic N) is 3. The summed E-state index contributed by atoms with van der Waals surface area (Å²) in [5, 5.41) is 2.20. The van der Waals surface area contributed by atoms with Crippen molar-refractivity contribution in [1.82, 2.24) is 20.2 Å². The van der Waals surface area contributed by atoms with Crippen LogP contribution in [0.3, 0.4) is 0 Å². The highest BCUT2D eigenvalue weighted by Crippen LogP contribution is 2.38. The number of aromatic nitrogens is 2. The third-order valence-electron chi connectivity index (χ3n) is 8.42. The van der Waals surface area contributed by atoms with E-state index in [1.54, 1.807) is 0 Å². The van der Waals surface area contributed by atoms with E-state index in [-0.39, 0.29) is 28.3 Å². The first-order valence-electron chi connectivity index (χ1n) is 13.8.